The van der Waals surface area contributed by atoms with Gasteiger partial charge in [-0.25, -0.2) is 8.78 Å². The molecule has 3 nitrogen and oxygen atoms in total. The van der Waals surface area contributed by atoms with Crippen LogP contribution in [0.15, 0.2) is 66.7 Å². The van der Waals surface area contributed by atoms with Crippen LogP contribution in [-0.4, -0.2) is 11.5 Å². The van der Waals surface area contributed by atoms with Crippen molar-refractivity contribution >= 4 is 17.2 Å². The van der Waals surface area contributed by atoms with E-state index in [1.54, 1.807) is 12.1 Å². The first-order valence-corrected chi connectivity index (χ1v) is 10.3. The number of halogens is 2. The van der Waals surface area contributed by atoms with Crippen molar-refractivity contribution in [1.82, 2.24) is 0 Å². The van der Waals surface area contributed by atoms with Gasteiger partial charge in [0.2, 0.25) is 0 Å². The Morgan fingerprint density at radius 3 is 2.35 bits per heavy atom. The van der Waals surface area contributed by atoms with E-state index < -0.39 is 23.1 Å². The van der Waals surface area contributed by atoms with Crippen molar-refractivity contribution in [2.45, 2.75) is 31.8 Å². The van der Waals surface area contributed by atoms with E-state index in [2.05, 4.69) is 23.5 Å². The van der Waals surface area contributed by atoms with Gasteiger partial charge in [-0.3, -0.25) is 4.79 Å². The predicted molar refractivity (Wildman–Crippen MR) is 116 cm³/mol. The second-order valence-electron chi connectivity index (χ2n) is 8.21. The van der Waals surface area contributed by atoms with Gasteiger partial charge in [0.15, 0.2) is 0 Å². The molecule has 1 amide bonds. The van der Waals surface area contributed by atoms with Gasteiger partial charge in [0, 0.05) is 11.3 Å². The molecule has 1 saturated carbocycles. The molecule has 5 rings (SSSR count). The number of nitrogens with one attached hydrogen (secondary N) is 1. The molecule has 0 bridgehead atoms. The van der Waals surface area contributed by atoms with Crippen LogP contribution in [0.3, 0.4) is 0 Å². The minimum absolute atomic E-state index is 0.243. The van der Waals surface area contributed by atoms with E-state index in [4.69, 9.17) is 4.74 Å². The van der Waals surface area contributed by atoms with Gasteiger partial charge in [0.05, 0.1) is 0 Å². The smallest absolute Gasteiger partial charge is 0.261 e. The SMILES string of the molecule is Cc1ccc2c(c1)C(c1ccc(NC(=O)c3c(F)cccc3F)cc1)=CC1(CCC1)O2. The van der Waals surface area contributed by atoms with E-state index in [1.807, 2.05) is 25.1 Å². The lowest BCUT2D eigenvalue weighted by atomic mass is 9.75. The number of aryl methyl sites for hydroxylation is 1. The average molecular weight is 417 g/mol. The van der Waals surface area contributed by atoms with E-state index in [9.17, 15) is 13.6 Å². The Hall–Kier alpha value is -3.47. The Morgan fingerprint density at radius 1 is 1.00 bits per heavy atom. The lowest BCUT2D eigenvalue weighted by Crippen LogP contribution is -2.43. The number of hydrogen-bond donors (Lipinski definition) is 1. The zero-order valence-corrected chi connectivity index (χ0v) is 17.0. The molecule has 1 aliphatic carbocycles. The first kappa shape index (κ1) is 19.5. The number of anilines is 1. The van der Waals surface area contributed by atoms with E-state index in [1.165, 1.54) is 6.07 Å². The third kappa shape index (κ3) is 3.50. The van der Waals surface area contributed by atoms with Crippen molar-refractivity contribution in [1.29, 1.82) is 0 Å². The highest BCUT2D eigenvalue weighted by molar-refractivity contribution is 6.04. The molecule has 3 aromatic carbocycles. The van der Waals surface area contributed by atoms with E-state index in [-0.39, 0.29) is 5.60 Å². The zero-order chi connectivity index (χ0) is 21.6. The summed E-state index contributed by atoms with van der Waals surface area (Å²) in [5.74, 6) is -1.71. The molecule has 0 aromatic heterocycles. The van der Waals surface area contributed by atoms with Gasteiger partial charge in [0.25, 0.3) is 5.91 Å². The zero-order valence-electron chi connectivity index (χ0n) is 17.0. The van der Waals surface area contributed by atoms with Crippen LogP contribution < -0.4 is 10.1 Å². The van der Waals surface area contributed by atoms with Gasteiger partial charge in [-0.05, 0) is 79.8 Å². The molecule has 1 fully saturated rings. The summed E-state index contributed by atoms with van der Waals surface area (Å²) in [5.41, 5.74) is 3.92. The summed E-state index contributed by atoms with van der Waals surface area (Å²) in [4.78, 5) is 12.4. The summed E-state index contributed by atoms with van der Waals surface area (Å²) >= 11 is 0. The minimum Gasteiger partial charge on any atom is -0.483 e. The summed E-state index contributed by atoms with van der Waals surface area (Å²) < 4.78 is 34.1. The van der Waals surface area contributed by atoms with Crippen molar-refractivity contribution in [3.05, 3.63) is 101 Å². The van der Waals surface area contributed by atoms with Crippen molar-refractivity contribution < 1.29 is 18.3 Å². The number of ether oxygens (including phenoxy) is 1. The first-order chi connectivity index (χ1) is 14.9. The van der Waals surface area contributed by atoms with Crippen molar-refractivity contribution in [2.24, 2.45) is 0 Å². The molecule has 0 saturated heterocycles. The summed E-state index contributed by atoms with van der Waals surface area (Å²) in [6, 6.07) is 16.8. The lowest BCUT2D eigenvalue weighted by molar-refractivity contribution is 0.0376. The number of carbonyl (C=O) groups is 1. The molecule has 1 spiro atoms. The van der Waals surface area contributed by atoms with Crippen LogP contribution in [0, 0.1) is 18.6 Å². The largest absolute Gasteiger partial charge is 0.483 e. The fraction of sp³-hybridized carbons (Fsp3) is 0.192. The normalized spacial score (nSPS) is 16.0. The van der Waals surface area contributed by atoms with Crippen LogP contribution in [0.5, 0.6) is 5.75 Å². The van der Waals surface area contributed by atoms with E-state index in [0.717, 1.165) is 59.4 Å². The van der Waals surface area contributed by atoms with E-state index >= 15 is 0 Å². The molecule has 1 aliphatic heterocycles. The fourth-order valence-corrected chi connectivity index (χ4v) is 4.18. The van der Waals surface area contributed by atoms with Crippen molar-refractivity contribution in [3.63, 3.8) is 0 Å². The maximum Gasteiger partial charge on any atom is 0.261 e. The van der Waals surface area contributed by atoms with Crippen molar-refractivity contribution in [3.8, 4) is 5.75 Å². The molecule has 0 unspecified atom stereocenters. The maximum atomic E-state index is 13.9. The van der Waals surface area contributed by atoms with Crippen LogP contribution in [0.4, 0.5) is 14.5 Å². The number of benzene rings is 3. The van der Waals surface area contributed by atoms with Crippen LogP contribution in [0.1, 0.15) is 46.3 Å². The number of fused-ring (bicyclic) bond motifs is 1. The van der Waals surface area contributed by atoms with Gasteiger partial charge in [-0.2, -0.15) is 0 Å². The number of hydrogen-bond acceptors (Lipinski definition) is 2. The predicted octanol–water partition coefficient (Wildman–Crippen LogP) is 6.27. The van der Waals surface area contributed by atoms with Gasteiger partial charge >= 0.3 is 0 Å². The topological polar surface area (TPSA) is 38.3 Å². The third-order valence-corrected chi connectivity index (χ3v) is 5.99. The molecular formula is C26H21F2NO2. The summed E-state index contributed by atoms with van der Waals surface area (Å²) in [6.07, 6.45) is 5.33. The molecule has 1 heterocycles. The van der Waals surface area contributed by atoms with Crippen LogP contribution in [-0.2, 0) is 0 Å². The quantitative estimate of drug-likeness (QED) is 0.545. The maximum absolute atomic E-state index is 13.9. The molecule has 3 aromatic rings. The van der Waals surface area contributed by atoms with Gasteiger partial charge in [-0.1, -0.05) is 29.8 Å². The molecule has 2 aliphatic rings. The molecule has 0 atom stereocenters. The first-order valence-electron chi connectivity index (χ1n) is 10.3. The molecule has 31 heavy (non-hydrogen) atoms. The average Bonchev–Trinajstić information content (AvgIpc) is 2.72. The highest BCUT2D eigenvalue weighted by atomic mass is 19.1. The summed E-state index contributed by atoms with van der Waals surface area (Å²) in [6.45, 7) is 2.05. The standard InChI is InChI=1S/C26H21F2NO2/c1-16-6-11-23-19(14-16)20(15-26(31-23)12-3-13-26)17-7-9-18(10-8-17)29-25(30)24-21(27)4-2-5-22(24)28/h2,4-11,14-15H,3,12-13H2,1H3,(H,29,30). The minimum atomic E-state index is -0.890. The Kier molecular flexibility index (Phi) is 4.62. The molecule has 5 heteroatoms. The number of rotatable bonds is 3. The summed E-state index contributed by atoms with van der Waals surface area (Å²) in [5, 5.41) is 2.57. The van der Waals surface area contributed by atoms with Crippen LogP contribution in [0.25, 0.3) is 5.57 Å². The Bertz CT molecular complexity index is 1190. The highest BCUT2D eigenvalue weighted by Gasteiger charge is 2.41. The Labute approximate surface area is 179 Å². The number of amides is 1. The van der Waals surface area contributed by atoms with Gasteiger partial charge < -0.3 is 10.1 Å². The fourth-order valence-electron chi connectivity index (χ4n) is 4.18. The van der Waals surface area contributed by atoms with Crippen molar-refractivity contribution in [2.75, 3.05) is 5.32 Å². The Balaban J connectivity index is 1.45. The molecule has 1 N–H and O–H groups in total. The summed E-state index contributed by atoms with van der Waals surface area (Å²) in [7, 11) is 0. The second-order valence-corrected chi connectivity index (χ2v) is 8.21. The second kappa shape index (κ2) is 7.34. The van der Waals surface area contributed by atoms with E-state index in [0.29, 0.717) is 5.69 Å². The monoisotopic (exact) mass is 417 g/mol. The van der Waals surface area contributed by atoms with Gasteiger partial charge in [-0.15, -0.1) is 0 Å². The molecule has 0 radical (unpaired) electrons. The third-order valence-electron chi connectivity index (χ3n) is 5.99. The highest BCUT2D eigenvalue weighted by Crippen LogP contribution is 2.47. The van der Waals surface area contributed by atoms with Crippen LogP contribution in [0.2, 0.25) is 0 Å². The number of carbonyl (C=O) groups excluding carboxylic acids is 1. The molecular weight excluding hydrogens is 396 g/mol. The Morgan fingerprint density at radius 2 is 1.71 bits per heavy atom. The van der Waals surface area contributed by atoms with Gasteiger partial charge in [0.1, 0.15) is 28.5 Å². The lowest BCUT2D eigenvalue weighted by Gasteiger charge is -2.43. The van der Waals surface area contributed by atoms with Crippen LogP contribution >= 0.6 is 0 Å². The molecule has 156 valence electrons.